The van der Waals surface area contributed by atoms with Crippen LogP contribution in [0.3, 0.4) is 0 Å². The number of para-hydroxylation sites is 1. The van der Waals surface area contributed by atoms with Crippen LogP contribution in [0.4, 0.5) is 0 Å². The zero-order valence-electron chi connectivity index (χ0n) is 16.4. The molecule has 7 heteroatoms. The third-order valence-electron chi connectivity index (χ3n) is 6.04. The van der Waals surface area contributed by atoms with Crippen LogP contribution in [0.25, 0.3) is 5.69 Å². The number of likely N-dealkylation sites (tertiary alicyclic amines) is 1. The van der Waals surface area contributed by atoms with Crippen molar-refractivity contribution in [2.75, 3.05) is 59.5 Å². The maximum Gasteiger partial charge on any atom is 0.257 e. The molecule has 2 saturated heterocycles. The molecule has 1 N–H and O–H groups in total. The number of piperazine rings is 1. The van der Waals surface area contributed by atoms with Crippen LogP contribution in [0.5, 0.6) is 0 Å². The summed E-state index contributed by atoms with van der Waals surface area (Å²) >= 11 is 0. The minimum atomic E-state index is 0.00140. The monoisotopic (exact) mass is 383 g/mol. The fourth-order valence-corrected chi connectivity index (χ4v) is 4.22. The second-order valence-electron chi connectivity index (χ2n) is 8.03. The van der Waals surface area contributed by atoms with E-state index in [1.165, 1.54) is 0 Å². The molecule has 28 heavy (non-hydrogen) atoms. The van der Waals surface area contributed by atoms with E-state index in [9.17, 15) is 9.90 Å². The predicted octanol–water partition coefficient (Wildman–Crippen LogP) is 0.800. The maximum absolute atomic E-state index is 13.0. The van der Waals surface area contributed by atoms with Gasteiger partial charge < -0.3 is 19.8 Å². The van der Waals surface area contributed by atoms with Gasteiger partial charge in [0.2, 0.25) is 0 Å². The Morgan fingerprint density at radius 2 is 1.82 bits per heavy atom. The predicted molar refractivity (Wildman–Crippen MR) is 107 cm³/mol. The third kappa shape index (κ3) is 4.11. The van der Waals surface area contributed by atoms with Crippen LogP contribution in [-0.4, -0.2) is 95.0 Å². The summed E-state index contributed by atoms with van der Waals surface area (Å²) in [5, 5.41) is 14.2. The Labute approximate surface area is 166 Å². The van der Waals surface area contributed by atoms with Gasteiger partial charge in [-0.25, -0.2) is 4.68 Å². The minimum Gasteiger partial charge on any atom is -0.396 e. The first kappa shape index (κ1) is 19.1. The highest BCUT2D eigenvalue weighted by molar-refractivity contribution is 5.94. The van der Waals surface area contributed by atoms with Gasteiger partial charge in [-0.3, -0.25) is 4.79 Å². The molecule has 2 aromatic rings. The van der Waals surface area contributed by atoms with Crippen molar-refractivity contribution < 1.29 is 9.90 Å². The molecule has 0 radical (unpaired) electrons. The minimum absolute atomic E-state index is 0.00140. The second-order valence-corrected chi connectivity index (χ2v) is 8.03. The summed E-state index contributed by atoms with van der Waals surface area (Å²) in [7, 11) is 2.15. The molecular weight excluding hydrogens is 354 g/mol. The van der Waals surface area contributed by atoms with Gasteiger partial charge in [-0.15, -0.1) is 0 Å². The lowest BCUT2D eigenvalue weighted by Crippen LogP contribution is -2.47. The number of likely N-dealkylation sites (N-methyl/N-ethyl adjacent to an activating group) is 1. The van der Waals surface area contributed by atoms with Crippen molar-refractivity contribution in [3.8, 4) is 5.69 Å². The van der Waals surface area contributed by atoms with Gasteiger partial charge >= 0.3 is 0 Å². The molecule has 0 bridgehead atoms. The van der Waals surface area contributed by atoms with Gasteiger partial charge in [0, 0.05) is 64.5 Å². The summed E-state index contributed by atoms with van der Waals surface area (Å²) in [6.07, 6.45) is 3.43. The first-order valence-corrected chi connectivity index (χ1v) is 10.0. The number of rotatable bonds is 5. The molecule has 2 atom stereocenters. The van der Waals surface area contributed by atoms with Crippen LogP contribution in [0, 0.1) is 11.8 Å². The molecule has 4 rings (SSSR count). The first-order chi connectivity index (χ1) is 13.6. The van der Waals surface area contributed by atoms with Crippen LogP contribution in [0.15, 0.2) is 42.7 Å². The van der Waals surface area contributed by atoms with Gasteiger partial charge in [0.15, 0.2) is 0 Å². The molecule has 150 valence electrons. The Morgan fingerprint density at radius 1 is 1.11 bits per heavy atom. The highest BCUT2D eigenvalue weighted by Crippen LogP contribution is 2.26. The van der Waals surface area contributed by atoms with Gasteiger partial charge in [0.1, 0.15) is 0 Å². The van der Waals surface area contributed by atoms with E-state index in [0.29, 0.717) is 24.6 Å². The van der Waals surface area contributed by atoms with Crippen molar-refractivity contribution >= 4 is 5.91 Å². The number of hydrogen-bond donors (Lipinski definition) is 1. The largest absolute Gasteiger partial charge is 0.396 e. The van der Waals surface area contributed by atoms with Crippen LogP contribution >= 0.6 is 0 Å². The molecule has 2 fully saturated rings. The van der Waals surface area contributed by atoms with E-state index in [-0.39, 0.29) is 18.4 Å². The smallest absolute Gasteiger partial charge is 0.257 e. The molecule has 0 unspecified atom stereocenters. The summed E-state index contributed by atoms with van der Waals surface area (Å²) in [4.78, 5) is 19.7. The number of aliphatic hydroxyl groups excluding tert-OH is 1. The van der Waals surface area contributed by atoms with Crippen molar-refractivity contribution in [1.29, 1.82) is 0 Å². The second kappa shape index (κ2) is 8.43. The summed E-state index contributed by atoms with van der Waals surface area (Å²) in [6, 6.07) is 9.79. The average Bonchev–Trinajstić information content (AvgIpc) is 3.37. The number of carbonyl (C=O) groups is 1. The van der Waals surface area contributed by atoms with E-state index in [1.807, 2.05) is 35.2 Å². The highest BCUT2D eigenvalue weighted by atomic mass is 16.3. The van der Waals surface area contributed by atoms with E-state index in [0.717, 1.165) is 38.4 Å². The maximum atomic E-state index is 13.0. The Bertz CT molecular complexity index is 785. The fourth-order valence-electron chi connectivity index (χ4n) is 4.22. The van der Waals surface area contributed by atoms with E-state index < -0.39 is 0 Å². The lowest BCUT2D eigenvalue weighted by Gasteiger charge is -2.34. The Balaban J connectivity index is 1.40. The van der Waals surface area contributed by atoms with Gasteiger partial charge in [-0.1, -0.05) is 18.2 Å². The van der Waals surface area contributed by atoms with E-state index >= 15 is 0 Å². The zero-order chi connectivity index (χ0) is 19.5. The summed E-state index contributed by atoms with van der Waals surface area (Å²) < 4.78 is 1.73. The molecule has 0 spiro atoms. The molecule has 0 aliphatic carbocycles. The SMILES string of the molecule is CN1CCN(C[C@@H]2CN(C(=O)c3cnn(-c4ccccc4)c3)C[C@@H]2CO)CC1. The van der Waals surface area contributed by atoms with Crippen LogP contribution in [0.1, 0.15) is 10.4 Å². The fraction of sp³-hybridized carbons (Fsp3) is 0.524. The Kier molecular flexibility index (Phi) is 5.75. The van der Waals surface area contributed by atoms with Crippen molar-refractivity contribution in [2.24, 2.45) is 11.8 Å². The number of aromatic nitrogens is 2. The number of carbonyl (C=O) groups excluding carboxylic acids is 1. The topological polar surface area (TPSA) is 64.8 Å². The van der Waals surface area contributed by atoms with Crippen molar-refractivity contribution in [2.45, 2.75) is 0 Å². The van der Waals surface area contributed by atoms with E-state index in [4.69, 9.17) is 0 Å². The van der Waals surface area contributed by atoms with Gasteiger partial charge in [0.25, 0.3) is 5.91 Å². The lowest BCUT2D eigenvalue weighted by atomic mass is 9.96. The average molecular weight is 383 g/mol. The quantitative estimate of drug-likeness (QED) is 0.828. The molecule has 3 heterocycles. The number of benzene rings is 1. The van der Waals surface area contributed by atoms with Crippen LogP contribution in [-0.2, 0) is 0 Å². The summed E-state index contributed by atoms with van der Waals surface area (Å²) in [5.74, 6) is 0.468. The zero-order valence-corrected chi connectivity index (χ0v) is 16.4. The number of hydrogen-bond acceptors (Lipinski definition) is 5. The molecule has 2 aliphatic rings. The normalized spacial score (nSPS) is 24.0. The van der Waals surface area contributed by atoms with Crippen LogP contribution in [0.2, 0.25) is 0 Å². The van der Waals surface area contributed by atoms with Gasteiger partial charge in [-0.05, 0) is 25.1 Å². The standard InChI is InChI=1S/C21H29N5O2/c1-23-7-9-24(10-8-23)12-18-13-25(14-19(18)16-27)21(28)17-11-22-26(15-17)20-5-3-2-4-6-20/h2-6,11,15,18-19,27H,7-10,12-14,16H2,1H3/t18-,19-/m1/s1. The number of aliphatic hydroxyl groups is 1. The molecule has 1 amide bonds. The van der Waals surface area contributed by atoms with E-state index in [1.54, 1.807) is 17.1 Å². The molecule has 2 aliphatic heterocycles. The van der Waals surface area contributed by atoms with Crippen molar-refractivity contribution in [1.82, 2.24) is 24.5 Å². The summed E-state index contributed by atoms with van der Waals surface area (Å²) in [5.41, 5.74) is 1.53. The first-order valence-electron chi connectivity index (χ1n) is 10.0. The van der Waals surface area contributed by atoms with Crippen molar-refractivity contribution in [3.05, 3.63) is 48.3 Å². The summed E-state index contributed by atoms with van der Waals surface area (Å²) in [6.45, 7) is 6.68. The van der Waals surface area contributed by atoms with Gasteiger partial charge in [0.05, 0.1) is 17.4 Å². The van der Waals surface area contributed by atoms with E-state index in [2.05, 4.69) is 21.9 Å². The molecule has 7 nitrogen and oxygen atoms in total. The number of nitrogens with zero attached hydrogens (tertiary/aromatic N) is 5. The lowest BCUT2D eigenvalue weighted by molar-refractivity contribution is 0.0777. The van der Waals surface area contributed by atoms with Crippen molar-refractivity contribution in [3.63, 3.8) is 0 Å². The molecule has 1 aromatic heterocycles. The third-order valence-corrected chi connectivity index (χ3v) is 6.04. The van der Waals surface area contributed by atoms with Crippen LogP contribution < -0.4 is 0 Å². The molecular formula is C21H29N5O2. The Hall–Kier alpha value is -2.22. The van der Waals surface area contributed by atoms with Gasteiger partial charge in [-0.2, -0.15) is 5.10 Å². The highest BCUT2D eigenvalue weighted by Gasteiger charge is 2.36. The number of amides is 1. The molecule has 1 aromatic carbocycles. The molecule has 0 saturated carbocycles. The Morgan fingerprint density at radius 3 is 2.54 bits per heavy atom.